The molecule has 0 fully saturated rings. The zero-order valence-electron chi connectivity index (χ0n) is 6.11. The molecule has 0 N–H and O–H groups in total. The molecule has 0 unspecified atom stereocenters. The van der Waals surface area contributed by atoms with Gasteiger partial charge in [0.25, 0.3) is 0 Å². The largest absolute Gasteiger partial charge is 1.00 e. The first kappa shape index (κ1) is 10.5. The van der Waals surface area contributed by atoms with E-state index in [9.17, 15) is 9.90 Å². The van der Waals surface area contributed by atoms with E-state index in [0.717, 1.165) is 6.08 Å². The molecule has 0 bridgehead atoms. The van der Waals surface area contributed by atoms with Gasteiger partial charge in [0, 0.05) is 0 Å². The molecule has 4 heteroatoms. The van der Waals surface area contributed by atoms with Crippen LogP contribution in [0.2, 0.25) is 0 Å². The van der Waals surface area contributed by atoms with Crippen molar-refractivity contribution in [1.82, 2.24) is 0 Å². The van der Waals surface area contributed by atoms with Crippen LogP contribution in [-0.4, -0.2) is 5.97 Å². The fraction of sp³-hybridized carbons (Fsp3) is 0. The van der Waals surface area contributed by atoms with E-state index in [1.807, 2.05) is 0 Å². The number of carbonyl (C=O) groups excluding carboxylic acids is 1. The average molecular weight is 160 g/mol. The fourth-order valence-corrected chi connectivity index (χ4v) is 0.536. The standard InChI is InChI=1S/C7H6O3.Na/c8-7(9)4-3-6-2-1-5-10-6;/h1-5H,(H,8,9);/q;+1/p-1. The minimum atomic E-state index is -1.23. The maximum absolute atomic E-state index is 9.85. The predicted octanol–water partition coefficient (Wildman–Crippen LogP) is -2.95. The first-order valence-electron chi connectivity index (χ1n) is 2.71. The van der Waals surface area contributed by atoms with Gasteiger partial charge >= 0.3 is 29.6 Å². The molecular weight excluding hydrogens is 155 g/mol. The van der Waals surface area contributed by atoms with Crippen molar-refractivity contribution in [3.63, 3.8) is 0 Å². The molecule has 3 nitrogen and oxygen atoms in total. The number of hydrogen-bond acceptors (Lipinski definition) is 3. The van der Waals surface area contributed by atoms with Crippen LogP contribution in [-0.2, 0) is 4.79 Å². The smallest absolute Gasteiger partial charge is 0.545 e. The predicted molar refractivity (Wildman–Crippen MR) is 32.7 cm³/mol. The molecule has 1 aromatic heterocycles. The van der Waals surface area contributed by atoms with Gasteiger partial charge in [-0.1, -0.05) is 0 Å². The summed E-state index contributed by atoms with van der Waals surface area (Å²) < 4.78 is 4.81. The summed E-state index contributed by atoms with van der Waals surface area (Å²) in [4.78, 5) is 9.85. The molecule has 0 saturated carbocycles. The molecule has 1 rings (SSSR count). The van der Waals surface area contributed by atoms with Crippen LogP contribution in [0.4, 0.5) is 0 Å². The SMILES string of the molecule is O=C([O-])C=Cc1ccco1.[Na+]. The van der Waals surface area contributed by atoms with E-state index in [2.05, 4.69) is 0 Å². The summed E-state index contributed by atoms with van der Waals surface area (Å²) in [7, 11) is 0. The van der Waals surface area contributed by atoms with Crippen LogP contribution in [0.15, 0.2) is 28.9 Å². The van der Waals surface area contributed by atoms with Gasteiger partial charge in [-0.3, -0.25) is 0 Å². The maximum atomic E-state index is 9.85. The maximum Gasteiger partial charge on any atom is 1.00 e. The summed E-state index contributed by atoms with van der Waals surface area (Å²) in [6.07, 6.45) is 3.71. The third-order valence-electron chi connectivity index (χ3n) is 0.927. The van der Waals surface area contributed by atoms with Gasteiger partial charge in [-0.2, -0.15) is 0 Å². The van der Waals surface area contributed by atoms with E-state index >= 15 is 0 Å². The zero-order chi connectivity index (χ0) is 7.40. The molecule has 0 radical (unpaired) electrons. The molecular formula is C7H5NaO3. The minimum Gasteiger partial charge on any atom is -0.545 e. The van der Waals surface area contributed by atoms with Crippen LogP contribution in [0.5, 0.6) is 0 Å². The fourth-order valence-electron chi connectivity index (χ4n) is 0.536. The van der Waals surface area contributed by atoms with Gasteiger partial charge in [0.05, 0.1) is 12.2 Å². The van der Waals surface area contributed by atoms with E-state index in [0.29, 0.717) is 5.76 Å². The van der Waals surface area contributed by atoms with Gasteiger partial charge in [-0.25, -0.2) is 0 Å². The summed E-state index contributed by atoms with van der Waals surface area (Å²) in [6.45, 7) is 0. The van der Waals surface area contributed by atoms with Crippen molar-refractivity contribution in [3.05, 3.63) is 30.2 Å². The van der Waals surface area contributed by atoms with Gasteiger partial charge in [-0.05, 0) is 24.3 Å². The van der Waals surface area contributed by atoms with Crippen LogP contribution in [0, 0.1) is 0 Å². The van der Waals surface area contributed by atoms with Crippen LogP contribution in [0.25, 0.3) is 6.08 Å². The number of aliphatic carboxylic acids is 1. The molecule has 1 heterocycles. The molecule has 0 amide bonds. The molecule has 0 aliphatic carbocycles. The summed E-state index contributed by atoms with van der Waals surface area (Å²) in [5.41, 5.74) is 0. The van der Waals surface area contributed by atoms with Gasteiger partial charge in [0.15, 0.2) is 0 Å². The Bertz CT molecular complexity index is 238. The number of hydrogen-bond donors (Lipinski definition) is 0. The first-order valence-corrected chi connectivity index (χ1v) is 2.71. The number of carboxylic acids is 1. The second-order valence-corrected chi connectivity index (χ2v) is 1.67. The minimum absolute atomic E-state index is 0. The molecule has 0 aliphatic rings. The Hall–Kier alpha value is -0.510. The molecule has 1 aromatic rings. The molecule has 0 aliphatic heterocycles. The van der Waals surface area contributed by atoms with Crippen LogP contribution < -0.4 is 34.7 Å². The van der Waals surface area contributed by atoms with Gasteiger partial charge in [-0.15, -0.1) is 0 Å². The zero-order valence-corrected chi connectivity index (χ0v) is 8.11. The molecule has 0 saturated heterocycles. The number of furan rings is 1. The quantitative estimate of drug-likeness (QED) is 0.343. The van der Waals surface area contributed by atoms with Gasteiger partial charge in [0.2, 0.25) is 0 Å². The summed E-state index contributed by atoms with van der Waals surface area (Å²) in [5, 5.41) is 9.85. The number of carboxylic acid groups (broad SMARTS) is 1. The van der Waals surface area contributed by atoms with Crippen LogP contribution >= 0.6 is 0 Å². The Morgan fingerprint density at radius 1 is 1.64 bits per heavy atom. The van der Waals surface area contributed by atoms with Crippen molar-refractivity contribution in [2.75, 3.05) is 0 Å². The molecule has 0 spiro atoms. The Morgan fingerprint density at radius 3 is 2.82 bits per heavy atom. The van der Waals surface area contributed by atoms with E-state index in [1.54, 1.807) is 12.1 Å². The topological polar surface area (TPSA) is 53.3 Å². The number of carbonyl (C=O) groups is 1. The number of rotatable bonds is 2. The second-order valence-electron chi connectivity index (χ2n) is 1.67. The first-order chi connectivity index (χ1) is 4.79. The summed E-state index contributed by atoms with van der Waals surface area (Å²) >= 11 is 0. The molecule has 52 valence electrons. The van der Waals surface area contributed by atoms with E-state index in [-0.39, 0.29) is 29.6 Å². The Balaban J connectivity index is 0.000001000. The summed E-state index contributed by atoms with van der Waals surface area (Å²) in [5.74, 6) is -0.722. The van der Waals surface area contributed by atoms with Crippen molar-refractivity contribution in [1.29, 1.82) is 0 Å². The Kier molecular flexibility index (Phi) is 4.94. The molecule has 11 heavy (non-hydrogen) atoms. The van der Waals surface area contributed by atoms with Crippen molar-refractivity contribution in [2.45, 2.75) is 0 Å². The van der Waals surface area contributed by atoms with Gasteiger partial charge in [0.1, 0.15) is 5.76 Å². The average Bonchev–Trinajstić information content (AvgIpc) is 2.34. The van der Waals surface area contributed by atoms with Crippen molar-refractivity contribution >= 4 is 12.0 Å². The van der Waals surface area contributed by atoms with Crippen molar-refractivity contribution in [3.8, 4) is 0 Å². The third kappa shape index (κ3) is 4.03. The van der Waals surface area contributed by atoms with E-state index in [1.165, 1.54) is 12.3 Å². The molecule has 0 atom stereocenters. The van der Waals surface area contributed by atoms with E-state index < -0.39 is 5.97 Å². The Morgan fingerprint density at radius 2 is 2.36 bits per heavy atom. The third-order valence-corrected chi connectivity index (χ3v) is 0.927. The van der Waals surface area contributed by atoms with Crippen LogP contribution in [0.1, 0.15) is 5.76 Å². The van der Waals surface area contributed by atoms with Crippen LogP contribution in [0.3, 0.4) is 0 Å². The normalized spacial score (nSPS) is 9.45. The Labute approximate surface area is 86.0 Å². The second kappa shape index (κ2) is 5.18. The monoisotopic (exact) mass is 160 g/mol. The van der Waals surface area contributed by atoms with Crippen molar-refractivity contribution < 1.29 is 43.9 Å². The van der Waals surface area contributed by atoms with E-state index in [4.69, 9.17) is 4.42 Å². The van der Waals surface area contributed by atoms with Crippen molar-refractivity contribution in [2.24, 2.45) is 0 Å². The summed E-state index contributed by atoms with van der Waals surface area (Å²) in [6, 6.07) is 3.33. The molecule has 0 aromatic carbocycles. The van der Waals surface area contributed by atoms with Gasteiger partial charge < -0.3 is 14.3 Å².